The van der Waals surface area contributed by atoms with Gasteiger partial charge < -0.3 is 16.2 Å². The summed E-state index contributed by atoms with van der Waals surface area (Å²) in [5.41, 5.74) is 6.49. The topological polar surface area (TPSA) is 75.4 Å². The van der Waals surface area contributed by atoms with Gasteiger partial charge in [-0.15, -0.1) is 11.3 Å². The SMILES string of the molecule is NC(=O)c1csc(CNc2ccc(O)c(Cl)c2)c1. The maximum absolute atomic E-state index is 10.9. The summed E-state index contributed by atoms with van der Waals surface area (Å²) in [6.45, 7) is 0.569. The van der Waals surface area contributed by atoms with Crippen LogP contribution in [-0.4, -0.2) is 11.0 Å². The number of aromatic hydroxyl groups is 1. The van der Waals surface area contributed by atoms with Gasteiger partial charge in [0, 0.05) is 22.5 Å². The van der Waals surface area contributed by atoms with Crippen LogP contribution in [0.4, 0.5) is 5.69 Å². The largest absolute Gasteiger partial charge is 0.506 e. The minimum Gasteiger partial charge on any atom is -0.506 e. The number of carbonyl (C=O) groups is 1. The minimum atomic E-state index is -0.426. The van der Waals surface area contributed by atoms with Crippen LogP contribution in [0, 0.1) is 0 Å². The predicted molar refractivity (Wildman–Crippen MR) is 73.3 cm³/mol. The Labute approximate surface area is 113 Å². The first kappa shape index (κ1) is 12.7. The van der Waals surface area contributed by atoms with E-state index in [4.69, 9.17) is 17.3 Å². The van der Waals surface area contributed by atoms with Gasteiger partial charge in [0.2, 0.25) is 5.91 Å². The molecular weight excluding hydrogens is 272 g/mol. The van der Waals surface area contributed by atoms with E-state index in [1.807, 2.05) is 0 Å². The molecule has 4 nitrogen and oxygen atoms in total. The number of hydrogen-bond acceptors (Lipinski definition) is 4. The number of nitrogens with one attached hydrogen (secondary N) is 1. The van der Waals surface area contributed by atoms with E-state index in [9.17, 15) is 9.90 Å². The number of rotatable bonds is 4. The van der Waals surface area contributed by atoms with E-state index < -0.39 is 5.91 Å². The molecule has 0 aliphatic carbocycles. The summed E-state index contributed by atoms with van der Waals surface area (Å²) in [5, 5.41) is 14.4. The minimum absolute atomic E-state index is 0.0503. The summed E-state index contributed by atoms with van der Waals surface area (Å²) in [5.74, 6) is -0.375. The Kier molecular flexibility index (Phi) is 3.74. The Balaban J connectivity index is 2.02. The van der Waals surface area contributed by atoms with Gasteiger partial charge in [-0.2, -0.15) is 0 Å². The van der Waals surface area contributed by atoms with Gasteiger partial charge >= 0.3 is 0 Å². The number of primary amides is 1. The van der Waals surface area contributed by atoms with Crippen molar-refractivity contribution in [3.63, 3.8) is 0 Å². The highest BCUT2D eigenvalue weighted by Gasteiger charge is 2.05. The van der Waals surface area contributed by atoms with Gasteiger partial charge in [0.05, 0.1) is 10.6 Å². The lowest BCUT2D eigenvalue weighted by Crippen LogP contribution is -2.09. The number of hydrogen-bond donors (Lipinski definition) is 3. The van der Waals surface area contributed by atoms with Crippen LogP contribution in [-0.2, 0) is 6.54 Å². The molecule has 1 amide bonds. The zero-order valence-electron chi connectivity index (χ0n) is 9.31. The van der Waals surface area contributed by atoms with Crippen molar-refractivity contribution in [2.45, 2.75) is 6.54 Å². The van der Waals surface area contributed by atoms with Crippen molar-refractivity contribution in [2.75, 3.05) is 5.32 Å². The quantitative estimate of drug-likeness (QED) is 0.755. The fourth-order valence-corrected chi connectivity index (χ4v) is 2.40. The Morgan fingerprint density at radius 3 is 2.83 bits per heavy atom. The van der Waals surface area contributed by atoms with E-state index >= 15 is 0 Å². The number of nitrogens with two attached hydrogens (primary N) is 1. The van der Waals surface area contributed by atoms with Crippen molar-refractivity contribution in [1.82, 2.24) is 0 Å². The first-order valence-electron chi connectivity index (χ1n) is 5.16. The molecule has 0 atom stereocenters. The summed E-state index contributed by atoms with van der Waals surface area (Å²) < 4.78 is 0. The second-order valence-corrected chi connectivity index (χ2v) is 5.09. The average Bonchev–Trinajstić information content (AvgIpc) is 2.79. The average molecular weight is 283 g/mol. The maximum Gasteiger partial charge on any atom is 0.249 e. The number of phenols is 1. The summed E-state index contributed by atoms with van der Waals surface area (Å²) in [7, 11) is 0. The Hall–Kier alpha value is -1.72. The summed E-state index contributed by atoms with van der Waals surface area (Å²) in [6, 6.07) is 6.64. The van der Waals surface area contributed by atoms with Crippen molar-refractivity contribution < 1.29 is 9.90 Å². The number of amides is 1. The first-order valence-corrected chi connectivity index (χ1v) is 6.41. The maximum atomic E-state index is 10.9. The molecule has 1 aromatic heterocycles. The molecule has 6 heteroatoms. The van der Waals surface area contributed by atoms with Crippen molar-refractivity contribution in [3.05, 3.63) is 45.1 Å². The molecule has 94 valence electrons. The molecule has 0 aliphatic heterocycles. The van der Waals surface area contributed by atoms with Gasteiger partial charge in [-0.05, 0) is 24.3 Å². The van der Waals surface area contributed by atoms with Crippen LogP contribution in [0.2, 0.25) is 5.02 Å². The number of carbonyl (C=O) groups excluding carboxylic acids is 1. The molecule has 2 rings (SSSR count). The van der Waals surface area contributed by atoms with E-state index in [1.165, 1.54) is 17.4 Å². The van der Waals surface area contributed by atoms with Crippen LogP contribution in [0.15, 0.2) is 29.6 Å². The Morgan fingerprint density at radius 2 is 2.22 bits per heavy atom. The van der Waals surface area contributed by atoms with Crippen LogP contribution in [0.1, 0.15) is 15.2 Å². The normalized spacial score (nSPS) is 10.3. The van der Waals surface area contributed by atoms with Crippen molar-refractivity contribution >= 4 is 34.5 Å². The van der Waals surface area contributed by atoms with Crippen LogP contribution < -0.4 is 11.1 Å². The van der Waals surface area contributed by atoms with Gasteiger partial charge in [0.15, 0.2) is 0 Å². The van der Waals surface area contributed by atoms with Crippen molar-refractivity contribution in [1.29, 1.82) is 0 Å². The van der Waals surface area contributed by atoms with Gasteiger partial charge in [-0.1, -0.05) is 11.6 Å². The highest BCUT2D eigenvalue weighted by molar-refractivity contribution is 7.10. The van der Waals surface area contributed by atoms with E-state index in [2.05, 4.69) is 5.32 Å². The molecule has 0 bridgehead atoms. The molecule has 0 unspecified atom stereocenters. The van der Waals surface area contributed by atoms with Crippen molar-refractivity contribution in [2.24, 2.45) is 5.73 Å². The van der Waals surface area contributed by atoms with Crippen LogP contribution in [0.25, 0.3) is 0 Å². The van der Waals surface area contributed by atoms with Crippen molar-refractivity contribution in [3.8, 4) is 5.75 Å². The van der Waals surface area contributed by atoms with Gasteiger partial charge in [0.25, 0.3) is 0 Å². The second-order valence-electron chi connectivity index (χ2n) is 3.69. The zero-order chi connectivity index (χ0) is 13.1. The van der Waals surface area contributed by atoms with E-state index in [1.54, 1.807) is 23.6 Å². The highest BCUT2D eigenvalue weighted by atomic mass is 35.5. The van der Waals surface area contributed by atoms with E-state index in [0.717, 1.165) is 10.6 Å². The highest BCUT2D eigenvalue weighted by Crippen LogP contribution is 2.26. The van der Waals surface area contributed by atoms with Gasteiger partial charge in [-0.3, -0.25) is 4.79 Å². The Morgan fingerprint density at radius 1 is 1.44 bits per heavy atom. The molecule has 0 fully saturated rings. The standard InChI is InChI=1S/C12H11ClN2O2S/c13-10-4-8(1-2-11(10)16)15-5-9-3-7(6-18-9)12(14)17/h1-4,6,15-16H,5H2,(H2,14,17). The molecule has 2 aromatic rings. The van der Waals surface area contributed by atoms with Crippen LogP contribution in [0.3, 0.4) is 0 Å². The second kappa shape index (κ2) is 5.29. The molecule has 0 spiro atoms. The summed E-state index contributed by atoms with van der Waals surface area (Å²) >= 11 is 7.25. The lowest BCUT2D eigenvalue weighted by atomic mass is 10.3. The predicted octanol–water partition coefficient (Wildman–Crippen LogP) is 2.82. The van der Waals surface area contributed by atoms with Crippen LogP contribution >= 0.6 is 22.9 Å². The third kappa shape index (κ3) is 2.94. The number of benzene rings is 1. The van der Waals surface area contributed by atoms with E-state index in [0.29, 0.717) is 17.1 Å². The lowest BCUT2D eigenvalue weighted by Gasteiger charge is -2.05. The number of phenolic OH excluding ortho intramolecular Hbond substituents is 1. The van der Waals surface area contributed by atoms with Crippen LogP contribution in [0.5, 0.6) is 5.75 Å². The fraction of sp³-hybridized carbons (Fsp3) is 0.0833. The monoisotopic (exact) mass is 282 g/mol. The molecule has 4 N–H and O–H groups in total. The lowest BCUT2D eigenvalue weighted by molar-refractivity contribution is 0.100. The molecule has 1 aromatic carbocycles. The first-order chi connectivity index (χ1) is 8.56. The molecule has 0 saturated heterocycles. The third-order valence-electron chi connectivity index (χ3n) is 2.35. The number of thiophene rings is 1. The smallest absolute Gasteiger partial charge is 0.249 e. The molecule has 0 radical (unpaired) electrons. The fourth-order valence-electron chi connectivity index (χ4n) is 1.41. The van der Waals surface area contributed by atoms with E-state index in [-0.39, 0.29) is 5.75 Å². The van der Waals surface area contributed by atoms with Gasteiger partial charge in [-0.25, -0.2) is 0 Å². The Bertz CT molecular complexity index is 583. The third-order valence-corrected chi connectivity index (χ3v) is 3.59. The molecular formula is C12H11ClN2O2S. The number of anilines is 1. The molecule has 0 aliphatic rings. The summed E-state index contributed by atoms with van der Waals surface area (Å²) in [4.78, 5) is 11.9. The van der Waals surface area contributed by atoms with Gasteiger partial charge in [0.1, 0.15) is 5.75 Å². The molecule has 0 saturated carbocycles. The number of halogens is 1. The molecule has 18 heavy (non-hydrogen) atoms. The zero-order valence-corrected chi connectivity index (χ0v) is 10.9. The molecule has 1 heterocycles. The summed E-state index contributed by atoms with van der Waals surface area (Å²) in [6.07, 6.45) is 0.